The minimum atomic E-state index is -0.573. The summed E-state index contributed by atoms with van der Waals surface area (Å²) < 4.78 is 16.0. The number of ether oxygens (including phenoxy) is 3. The summed E-state index contributed by atoms with van der Waals surface area (Å²) in [4.78, 5) is 23.5. The molecule has 0 bridgehead atoms. The van der Waals surface area contributed by atoms with Crippen LogP contribution in [0.5, 0.6) is 23.0 Å². The van der Waals surface area contributed by atoms with E-state index in [4.69, 9.17) is 14.2 Å². The van der Waals surface area contributed by atoms with Gasteiger partial charge in [-0.15, -0.1) is 0 Å². The second-order valence-corrected chi connectivity index (χ2v) is 5.92. The van der Waals surface area contributed by atoms with E-state index in [1.165, 1.54) is 40.4 Å². The maximum absolute atomic E-state index is 11.9. The van der Waals surface area contributed by atoms with Crippen LogP contribution in [0.25, 0.3) is 6.08 Å². The van der Waals surface area contributed by atoms with E-state index in [9.17, 15) is 14.7 Å². The first kappa shape index (κ1) is 20.8. The summed E-state index contributed by atoms with van der Waals surface area (Å²) in [5.74, 6) is 0.845. The van der Waals surface area contributed by atoms with Gasteiger partial charge in [-0.3, -0.25) is 9.59 Å². The van der Waals surface area contributed by atoms with Crippen molar-refractivity contribution in [1.82, 2.24) is 5.32 Å². The number of rotatable bonds is 7. The van der Waals surface area contributed by atoms with Crippen LogP contribution < -0.4 is 25.0 Å². The van der Waals surface area contributed by atoms with Crippen LogP contribution >= 0.6 is 0 Å². The molecule has 0 aliphatic carbocycles. The lowest BCUT2D eigenvalue weighted by molar-refractivity contribution is -0.119. The Labute approximate surface area is 163 Å². The van der Waals surface area contributed by atoms with Crippen LogP contribution in [-0.4, -0.2) is 32.3 Å². The standard InChI is InChI=1S/C21H23NO6/c1-13(23)22-16(15-6-5-7-17(24)18(25)12-15)9-8-14-10-19(26-2)21(28-4)20(11-14)27-3/h5-12,16H,1-4H3,(H,22,23)(H,24,25)/b9-8+/t16-/m1/s1. The third-order valence-corrected chi connectivity index (χ3v) is 3.98. The Bertz CT molecular complexity index is 913. The van der Waals surface area contributed by atoms with E-state index >= 15 is 0 Å². The van der Waals surface area contributed by atoms with Gasteiger partial charge >= 0.3 is 0 Å². The van der Waals surface area contributed by atoms with Gasteiger partial charge in [-0.05, 0) is 35.4 Å². The predicted octanol–water partition coefficient (Wildman–Crippen LogP) is 2.67. The first-order chi connectivity index (χ1) is 13.4. The Morgan fingerprint density at radius 1 is 1.07 bits per heavy atom. The summed E-state index contributed by atoms with van der Waals surface area (Å²) in [6, 6.07) is 8.75. The third-order valence-electron chi connectivity index (χ3n) is 3.98. The van der Waals surface area contributed by atoms with Crippen LogP contribution in [0, 0.1) is 0 Å². The number of carbonyl (C=O) groups is 1. The summed E-state index contributed by atoms with van der Waals surface area (Å²) in [7, 11) is 4.57. The molecule has 0 unspecified atom stereocenters. The summed E-state index contributed by atoms with van der Waals surface area (Å²) in [5, 5.41) is 12.4. The zero-order valence-electron chi connectivity index (χ0n) is 16.2. The highest BCUT2D eigenvalue weighted by atomic mass is 16.5. The quantitative estimate of drug-likeness (QED) is 0.761. The van der Waals surface area contributed by atoms with Gasteiger partial charge in [0.1, 0.15) is 0 Å². The van der Waals surface area contributed by atoms with Gasteiger partial charge in [0.05, 0.1) is 27.4 Å². The second-order valence-electron chi connectivity index (χ2n) is 5.92. The molecule has 0 saturated heterocycles. The smallest absolute Gasteiger partial charge is 0.220 e. The highest BCUT2D eigenvalue weighted by molar-refractivity contribution is 5.74. The summed E-state index contributed by atoms with van der Waals surface area (Å²) in [6.07, 6.45) is 3.50. The summed E-state index contributed by atoms with van der Waals surface area (Å²) >= 11 is 0. The SMILES string of the molecule is COc1cc(/C=C/[C@@H](NC(C)=O)c2cccc(O)c(=O)c2)cc(OC)c1OC. The van der Waals surface area contributed by atoms with Gasteiger partial charge in [0.25, 0.3) is 0 Å². The lowest BCUT2D eigenvalue weighted by Gasteiger charge is -2.15. The molecule has 0 saturated carbocycles. The topological polar surface area (TPSA) is 94.1 Å². The Morgan fingerprint density at radius 3 is 2.25 bits per heavy atom. The highest BCUT2D eigenvalue weighted by Crippen LogP contribution is 2.38. The number of benzene rings is 1. The Balaban J connectivity index is 2.47. The van der Waals surface area contributed by atoms with Crippen LogP contribution in [-0.2, 0) is 4.79 Å². The molecule has 148 valence electrons. The van der Waals surface area contributed by atoms with Crippen molar-refractivity contribution in [3.05, 3.63) is 63.8 Å². The fraction of sp³-hybridized carbons (Fsp3) is 0.238. The van der Waals surface area contributed by atoms with Crippen molar-refractivity contribution in [1.29, 1.82) is 0 Å². The molecular formula is C21H23NO6. The van der Waals surface area contributed by atoms with Crippen LogP contribution in [0.1, 0.15) is 24.1 Å². The van der Waals surface area contributed by atoms with Crippen molar-refractivity contribution in [2.45, 2.75) is 13.0 Å². The number of nitrogens with one attached hydrogen (secondary N) is 1. The highest BCUT2D eigenvalue weighted by Gasteiger charge is 2.14. The van der Waals surface area contributed by atoms with Crippen molar-refractivity contribution in [3.8, 4) is 23.0 Å². The summed E-state index contributed by atoms with van der Waals surface area (Å²) in [5.41, 5.74) is 0.746. The lowest BCUT2D eigenvalue weighted by Crippen LogP contribution is -2.24. The van der Waals surface area contributed by atoms with E-state index < -0.39 is 11.5 Å². The second kappa shape index (κ2) is 9.45. The van der Waals surface area contributed by atoms with E-state index in [0.29, 0.717) is 22.8 Å². The summed E-state index contributed by atoms with van der Waals surface area (Å²) in [6.45, 7) is 1.39. The molecule has 1 atom stereocenters. The Hall–Kier alpha value is -3.48. The molecular weight excluding hydrogens is 362 g/mol. The molecule has 2 aromatic carbocycles. The monoisotopic (exact) mass is 385 g/mol. The molecule has 2 rings (SSSR count). The normalized spacial score (nSPS) is 11.7. The number of methoxy groups -OCH3 is 3. The third kappa shape index (κ3) is 5.03. The maximum Gasteiger partial charge on any atom is 0.220 e. The van der Waals surface area contributed by atoms with Crippen LogP contribution in [0.2, 0.25) is 0 Å². The van der Waals surface area contributed by atoms with Crippen molar-refractivity contribution in [2.24, 2.45) is 0 Å². The number of hydrogen-bond acceptors (Lipinski definition) is 6. The predicted molar refractivity (Wildman–Crippen MR) is 106 cm³/mol. The van der Waals surface area contributed by atoms with Crippen molar-refractivity contribution in [3.63, 3.8) is 0 Å². The molecule has 0 aliphatic heterocycles. The molecule has 0 fully saturated rings. The number of aromatic hydroxyl groups is 1. The molecule has 0 spiro atoms. The molecule has 28 heavy (non-hydrogen) atoms. The molecule has 0 radical (unpaired) electrons. The molecule has 0 aromatic heterocycles. The minimum absolute atomic E-state index is 0.261. The molecule has 7 heteroatoms. The molecule has 2 aromatic rings. The van der Waals surface area contributed by atoms with Crippen LogP contribution in [0.3, 0.4) is 0 Å². The average Bonchev–Trinajstić information content (AvgIpc) is 2.84. The number of hydrogen-bond donors (Lipinski definition) is 2. The van der Waals surface area contributed by atoms with Crippen molar-refractivity contribution >= 4 is 12.0 Å². The fourth-order valence-electron chi connectivity index (χ4n) is 2.67. The van der Waals surface area contributed by atoms with E-state index in [2.05, 4.69) is 5.32 Å². The van der Waals surface area contributed by atoms with Crippen molar-refractivity contribution in [2.75, 3.05) is 21.3 Å². The van der Waals surface area contributed by atoms with Gasteiger partial charge in [-0.25, -0.2) is 0 Å². The number of carbonyl (C=O) groups excluding carboxylic acids is 1. The number of amides is 1. The first-order valence-electron chi connectivity index (χ1n) is 8.48. The lowest BCUT2D eigenvalue weighted by atomic mass is 10.1. The molecule has 7 nitrogen and oxygen atoms in total. The van der Waals surface area contributed by atoms with Crippen LogP contribution in [0.15, 0.2) is 47.3 Å². The van der Waals surface area contributed by atoms with Gasteiger partial charge in [0, 0.05) is 6.92 Å². The largest absolute Gasteiger partial charge is 0.504 e. The van der Waals surface area contributed by atoms with E-state index in [1.807, 2.05) is 0 Å². The average molecular weight is 385 g/mol. The van der Waals surface area contributed by atoms with E-state index in [-0.39, 0.29) is 11.7 Å². The maximum atomic E-state index is 11.9. The Kier molecular flexibility index (Phi) is 7.03. The van der Waals surface area contributed by atoms with Gasteiger partial charge in [0.15, 0.2) is 17.2 Å². The molecule has 1 amide bonds. The molecule has 0 aliphatic rings. The molecule has 0 heterocycles. The minimum Gasteiger partial charge on any atom is -0.504 e. The Morgan fingerprint density at radius 2 is 1.71 bits per heavy atom. The van der Waals surface area contributed by atoms with E-state index in [1.54, 1.807) is 36.4 Å². The van der Waals surface area contributed by atoms with Crippen LogP contribution in [0.4, 0.5) is 0 Å². The zero-order chi connectivity index (χ0) is 20.7. The fourth-order valence-corrected chi connectivity index (χ4v) is 2.67. The van der Waals surface area contributed by atoms with E-state index in [0.717, 1.165) is 5.56 Å². The molecule has 2 N–H and O–H groups in total. The first-order valence-corrected chi connectivity index (χ1v) is 8.48. The zero-order valence-corrected chi connectivity index (χ0v) is 16.2. The van der Waals surface area contributed by atoms with Gasteiger partial charge in [0.2, 0.25) is 17.1 Å². The van der Waals surface area contributed by atoms with Gasteiger partial charge < -0.3 is 24.6 Å². The van der Waals surface area contributed by atoms with Crippen molar-refractivity contribution < 1.29 is 24.1 Å². The van der Waals surface area contributed by atoms with Gasteiger partial charge in [-0.2, -0.15) is 0 Å². The van der Waals surface area contributed by atoms with Gasteiger partial charge in [-0.1, -0.05) is 24.3 Å².